The quantitative estimate of drug-likeness (QED) is 0.834. The molecule has 2 aliphatic heterocycles. The van der Waals surface area contributed by atoms with E-state index in [4.69, 9.17) is 5.14 Å². The van der Waals surface area contributed by atoms with E-state index >= 15 is 0 Å². The molecule has 0 spiro atoms. The number of fused-ring (bicyclic) bond motifs is 1. The maximum absolute atomic E-state index is 13.4. The normalized spacial score (nSPS) is 18.4. The minimum Gasteiger partial charge on any atom is -0.395 e. The summed E-state index contributed by atoms with van der Waals surface area (Å²) in [4.78, 5) is 4.05. The Hall–Kier alpha value is -2.59. The Morgan fingerprint density at radius 3 is 2.29 bits per heavy atom. The molecule has 7 nitrogen and oxygen atoms in total. The molecule has 0 aliphatic carbocycles. The van der Waals surface area contributed by atoms with Crippen LogP contribution in [0.15, 0.2) is 41.3 Å². The monoisotopic (exact) mass is 411 g/mol. The summed E-state index contributed by atoms with van der Waals surface area (Å²) in [5.41, 5.74) is 2.26. The van der Waals surface area contributed by atoms with Gasteiger partial charge in [0, 0.05) is 31.9 Å². The van der Waals surface area contributed by atoms with Crippen molar-refractivity contribution in [2.45, 2.75) is 18.1 Å². The fraction of sp³-hybridized carbons (Fsp3) is 0.333. The number of nitrogens with zero attached hydrogens (tertiary/aromatic N) is 2. The van der Waals surface area contributed by atoms with Crippen LogP contribution in [0, 0.1) is 6.92 Å². The molecule has 4 rings (SSSR count). The lowest BCUT2D eigenvalue weighted by Gasteiger charge is -2.38. The van der Waals surface area contributed by atoms with E-state index in [0.29, 0.717) is 31.9 Å². The summed E-state index contributed by atoms with van der Waals surface area (Å²) in [5.74, 6) is 0.0509. The SMILES string of the molecule is Cc1ccc(S(N)(=O)=O)cc1N1CCN(c2cccc3c2OC(F)(F)O3)CC1. The molecule has 1 fully saturated rings. The van der Waals surface area contributed by atoms with Crippen molar-refractivity contribution in [3.05, 3.63) is 42.0 Å². The maximum Gasteiger partial charge on any atom is 0.586 e. The average Bonchev–Trinajstić information content (AvgIpc) is 2.95. The number of halogens is 2. The standard InChI is InChI=1S/C18H19F2N3O4S/c1-12-5-6-13(28(21,24)25)11-15(12)23-9-7-22(8-10-23)14-3-2-4-16-17(14)27-18(19,20)26-16/h2-6,11H,7-10H2,1H3,(H2,21,24,25). The molecule has 2 N–H and O–H groups in total. The molecule has 2 aromatic rings. The topological polar surface area (TPSA) is 85.1 Å². The summed E-state index contributed by atoms with van der Waals surface area (Å²) >= 11 is 0. The lowest BCUT2D eigenvalue weighted by molar-refractivity contribution is -0.286. The van der Waals surface area contributed by atoms with E-state index in [1.165, 1.54) is 12.1 Å². The van der Waals surface area contributed by atoms with Crippen molar-refractivity contribution in [1.82, 2.24) is 0 Å². The third-order valence-electron chi connectivity index (χ3n) is 4.88. The van der Waals surface area contributed by atoms with Gasteiger partial charge in [0.2, 0.25) is 10.0 Å². The molecule has 0 aromatic heterocycles. The van der Waals surface area contributed by atoms with Gasteiger partial charge in [0.1, 0.15) is 0 Å². The number of aryl methyl sites for hydroxylation is 1. The van der Waals surface area contributed by atoms with E-state index in [1.54, 1.807) is 24.3 Å². The first-order valence-electron chi connectivity index (χ1n) is 8.66. The molecular formula is C18H19F2N3O4S. The average molecular weight is 411 g/mol. The summed E-state index contributed by atoms with van der Waals surface area (Å²) in [6, 6.07) is 9.57. The fourth-order valence-corrected chi connectivity index (χ4v) is 4.03. The first-order valence-corrected chi connectivity index (χ1v) is 10.2. The number of benzene rings is 2. The van der Waals surface area contributed by atoms with E-state index in [-0.39, 0.29) is 16.4 Å². The van der Waals surface area contributed by atoms with Gasteiger partial charge < -0.3 is 19.3 Å². The number of para-hydroxylation sites is 1. The number of hydrogen-bond donors (Lipinski definition) is 1. The molecule has 0 saturated carbocycles. The highest BCUT2D eigenvalue weighted by Gasteiger charge is 2.45. The fourth-order valence-electron chi connectivity index (χ4n) is 3.50. The largest absolute Gasteiger partial charge is 0.586 e. The van der Waals surface area contributed by atoms with Crippen LogP contribution in [0.1, 0.15) is 5.56 Å². The van der Waals surface area contributed by atoms with Crippen LogP contribution in [0.25, 0.3) is 0 Å². The molecule has 0 radical (unpaired) electrons. The van der Waals surface area contributed by atoms with Crippen LogP contribution >= 0.6 is 0 Å². The number of alkyl halides is 2. The summed E-state index contributed by atoms with van der Waals surface area (Å²) in [5, 5.41) is 5.24. The Bertz CT molecular complexity index is 1020. The highest BCUT2D eigenvalue weighted by molar-refractivity contribution is 7.89. The second-order valence-corrected chi connectivity index (χ2v) is 8.30. The van der Waals surface area contributed by atoms with Gasteiger partial charge in [0.25, 0.3) is 0 Å². The van der Waals surface area contributed by atoms with Crippen molar-refractivity contribution >= 4 is 21.4 Å². The van der Waals surface area contributed by atoms with Crippen molar-refractivity contribution in [3.63, 3.8) is 0 Å². The second kappa shape index (κ2) is 6.49. The molecule has 28 heavy (non-hydrogen) atoms. The molecule has 0 amide bonds. The molecule has 0 bridgehead atoms. The van der Waals surface area contributed by atoms with Crippen molar-refractivity contribution in [1.29, 1.82) is 0 Å². The lowest BCUT2D eigenvalue weighted by atomic mass is 10.1. The minimum atomic E-state index is -3.79. The van der Waals surface area contributed by atoms with Gasteiger partial charge in [-0.15, -0.1) is 8.78 Å². The summed E-state index contributed by atoms with van der Waals surface area (Å²) in [7, 11) is -3.79. The predicted octanol–water partition coefficient (Wildman–Crippen LogP) is 2.29. The van der Waals surface area contributed by atoms with Gasteiger partial charge >= 0.3 is 6.29 Å². The third-order valence-corrected chi connectivity index (χ3v) is 5.79. The van der Waals surface area contributed by atoms with E-state index in [0.717, 1.165) is 11.3 Å². The Kier molecular flexibility index (Phi) is 4.35. The number of piperazine rings is 1. The smallest absolute Gasteiger partial charge is 0.395 e. The number of sulfonamides is 1. The van der Waals surface area contributed by atoms with Crippen LogP contribution in [0.5, 0.6) is 11.5 Å². The van der Waals surface area contributed by atoms with Crippen LogP contribution in [-0.2, 0) is 10.0 Å². The Morgan fingerprint density at radius 1 is 1.00 bits per heavy atom. The Morgan fingerprint density at radius 2 is 1.64 bits per heavy atom. The molecule has 1 saturated heterocycles. The zero-order chi connectivity index (χ0) is 20.1. The van der Waals surface area contributed by atoms with E-state index < -0.39 is 16.3 Å². The van der Waals surface area contributed by atoms with Crippen molar-refractivity contribution in [2.75, 3.05) is 36.0 Å². The molecule has 0 atom stereocenters. The van der Waals surface area contributed by atoms with Crippen molar-refractivity contribution in [3.8, 4) is 11.5 Å². The van der Waals surface area contributed by atoms with Gasteiger partial charge in [-0.3, -0.25) is 0 Å². The predicted molar refractivity (Wildman–Crippen MR) is 99.6 cm³/mol. The van der Waals surface area contributed by atoms with Crippen LogP contribution in [0.4, 0.5) is 20.2 Å². The van der Waals surface area contributed by atoms with E-state index in [9.17, 15) is 17.2 Å². The molecule has 0 unspecified atom stereocenters. The number of hydrogen-bond acceptors (Lipinski definition) is 6. The first kappa shape index (κ1) is 18.8. The number of ether oxygens (including phenoxy) is 2. The van der Waals surface area contributed by atoms with Crippen LogP contribution in [0.2, 0.25) is 0 Å². The molecular weight excluding hydrogens is 392 g/mol. The zero-order valence-corrected chi connectivity index (χ0v) is 15.9. The van der Waals surface area contributed by atoms with E-state index in [2.05, 4.69) is 14.4 Å². The summed E-state index contributed by atoms with van der Waals surface area (Å²) < 4.78 is 59.3. The molecule has 2 heterocycles. The maximum atomic E-state index is 13.4. The Labute approximate surface area is 161 Å². The van der Waals surface area contributed by atoms with Gasteiger partial charge in [-0.2, -0.15) is 0 Å². The highest BCUT2D eigenvalue weighted by Crippen LogP contribution is 2.47. The van der Waals surface area contributed by atoms with Gasteiger partial charge in [0.15, 0.2) is 11.5 Å². The summed E-state index contributed by atoms with van der Waals surface area (Å²) in [6.45, 7) is 4.15. The number of rotatable bonds is 3. The third kappa shape index (κ3) is 3.45. The lowest BCUT2D eigenvalue weighted by Crippen LogP contribution is -2.47. The number of anilines is 2. The second-order valence-electron chi connectivity index (χ2n) is 6.74. The van der Waals surface area contributed by atoms with Crippen LogP contribution in [-0.4, -0.2) is 40.9 Å². The highest BCUT2D eigenvalue weighted by atomic mass is 32.2. The van der Waals surface area contributed by atoms with Crippen molar-refractivity contribution in [2.24, 2.45) is 5.14 Å². The van der Waals surface area contributed by atoms with Crippen molar-refractivity contribution < 1.29 is 26.7 Å². The molecule has 2 aliphatic rings. The molecule has 150 valence electrons. The van der Waals surface area contributed by atoms with Gasteiger partial charge in [-0.05, 0) is 36.8 Å². The van der Waals surface area contributed by atoms with Gasteiger partial charge in [-0.1, -0.05) is 12.1 Å². The number of nitrogens with two attached hydrogens (primary N) is 1. The molecule has 10 heteroatoms. The van der Waals surface area contributed by atoms with Crippen LogP contribution < -0.4 is 24.4 Å². The van der Waals surface area contributed by atoms with Gasteiger partial charge in [0.05, 0.1) is 10.6 Å². The Balaban J connectivity index is 1.54. The van der Waals surface area contributed by atoms with Crippen LogP contribution in [0.3, 0.4) is 0 Å². The first-order chi connectivity index (χ1) is 13.1. The molecule has 2 aromatic carbocycles. The zero-order valence-electron chi connectivity index (χ0n) is 15.1. The van der Waals surface area contributed by atoms with E-state index in [1.807, 2.05) is 11.8 Å². The number of primary sulfonamides is 1. The van der Waals surface area contributed by atoms with Gasteiger partial charge in [-0.25, -0.2) is 13.6 Å². The minimum absolute atomic E-state index is 0.0154. The summed E-state index contributed by atoms with van der Waals surface area (Å²) in [6.07, 6.45) is -3.66.